The summed E-state index contributed by atoms with van der Waals surface area (Å²) in [6, 6.07) is -0.0676. The van der Waals surface area contributed by atoms with Crippen molar-refractivity contribution in [3.63, 3.8) is 0 Å². The zero-order valence-corrected chi connectivity index (χ0v) is 11.9. The van der Waals surface area contributed by atoms with Crippen LogP contribution in [0.1, 0.15) is 38.5 Å². The fourth-order valence-corrected chi connectivity index (χ4v) is 2.33. The second-order valence-corrected chi connectivity index (χ2v) is 5.09. The molecule has 1 fully saturated rings. The third-order valence-electron chi connectivity index (χ3n) is 3.53. The van der Waals surface area contributed by atoms with Crippen molar-refractivity contribution >= 4 is 17.9 Å². The Morgan fingerprint density at radius 1 is 1.05 bits per heavy atom. The molecule has 3 N–H and O–H groups in total. The lowest BCUT2D eigenvalue weighted by molar-refractivity contribution is -0.137. The summed E-state index contributed by atoms with van der Waals surface area (Å²) in [4.78, 5) is 35.1. The Hall–Kier alpha value is -1.79. The van der Waals surface area contributed by atoms with Crippen LogP contribution in [-0.4, -0.2) is 54.1 Å². The Kier molecular flexibility index (Phi) is 6.83. The quantitative estimate of drug-likeness (QED) is 0.642. The minimum Gasteiger partial charge on any atom is -0.480 e. The van der Waals surface area contributed by atoms with Gasteiger partial charge in [0.1, 0.15) is 6.54 Å². The Labute approximate surface area is 118 Å². The van der Waals surface area contributed by atoms with E-state index in [2.05, 4.69) is 10.6 Å². The fraction of sp³-hybridized carbons (Fsp3) is 0.769. The highest BCUT2D eigenvalue weighted by Crippen LogP contribution is 2.20. The molecule has 0 aliphatic heterocycles. The molecule has 1 rings (SSSR count). The Bertz CT molecular complexity index is 352. The maximum absolute atomic E-state index is 11.9. The normalized spacial score (nSPS) is 16.1. The summed E-state index contributed by atoms with van der Waals surface area (Å²) >= 11 is 0. The largest absolute Gasteiger partial charge is 0.480 e. The van der Waals surface area contributed by atoms with E-state index in [-0.39, 0.29) is 18.6 Å². The first-order chi connectivity index (χ1) is 9.50. The van der Waals surface area contributed by atoms with Crippen LogP contribution in [0.4, 0.5) is 4.79 Å². The average molecular weight is 285 g/mol. The van der Waals surface area contributed by atoms with Crippen molar-refractivity contribution in [1.82, 2.24) is 15.5 Å². The summed E-state index contributed by atoms with van der Waals surface area (Å²) in [5.41, 5.74) is 0. The molecule has 0 saturated heterocycles. The zero-order chi connectivity index (χ0) is 15.0. The third-order valence-corrected chi connectivity index (χ3v) is 3.53. The maximum atomic E-state index is 11.9. The van der Waals surface area contributed by atoms with Crippen LogP contribution < -0.4 is 10.6 Å². The topological polar surface area (TPSA) is 98.7 Å². The molecule has 0 heterocycles. The predicted octanol–water partition coefficient (Wildman–Crippen LogP) is 0.551. The van der Waals surface area contributed by atoms with Crippen LogP contribution in [0.3, 0.4) is 0 Å². The summed E-state index contributed by atoms with van der Waals surface area (Å²) in [5, 5.41) is 13.1. The van der Waals surface area contributed by atoms with Gasteiger partial charge in [-0.2, -0.15) is 0 Å². The Morgan fingerprint density at radius 3 is 2.20 bits per heavy atom. The van der Waals surface area contributed by atoms with Crippen LogP contribution in [0.25, 0.3) is 0 Å². The van der Waals surface area contributed by atoms with Crippen LogP contribution in [0, 0.1) is 0 Å². The minimum atomic E-state index is -1.11. The number of aliphatic carboxylic acids is 1. The second-order valence-electron chi connectivity index (χ2n) is 5.09. The molecule has 0 aromatic carbocycles. The molecule has 114 valence electrons. The molecular weight excluding hydrogens is 262 g/mol. The summed E-state index contributed by atoms with van der Waals surface area (Å²) < 4.78 is 0. The van der Waals surface area contributed by atoms with Gasteiger partial charge in [-0.05, 0) is 12.8 Å². The summed E-state index contributed by atoms with van der Waals surface area (Å²) in [7, 11) is 1.74. The molecule has 7 nitrogen and oxygen atoms in total. The van der Waals surface area contributed by atoms with Gasteiger partial charge in [0.05, 0.1) is 6.54 Å². The summed E-state index contributed by atoms with van der Waals surface area (Å²) in [6.45, 7) is -0.643. The van der Waals surface area contributed by atoms with Crippen molar-refractivity contribution in [2.45, 2.75) is 44.6 Å². The Morgan fingerprint density at radius 2 is 1.65 bits per heavy atom. The summed E-state index contributed by atoms with van der Waals surface area (Å²) in [5.74, 6) is -1.62. The molecule has 1 aliphatic carbocycles. The van der Waals surface area contributed by atoms with Gasteiger partial charge in [-0.3, -0.25) is 9.59 Å². The van der Waals surface area contributed by atoms with Gasteiger partial charge in [-0.1, -0.05) is 25.7 Å². The smallest absolute Gasteiger partial charge is 0.322 e. The van der Waals surface area contributed by atoms with Crippen molar-refractivity contribution in [3.05, 3.63) is 0 Å². The molecule has 0 bridgehead atoms. The maximum Gasteiger partial charge on any atom is 0.322 e. The third kappa shape index (κ3) is 5.90. The molecule has 0 atom stereocenters. The van der Waals surface area contributed by atoms with E-state index >= 15 is 0 Å². The van der Waals surface area contributed by atoms with Gasteiger partial charge in [0.15, 0.2) is 0 Å². The molecule has 0 aromatic rings. The highest BCUT2D eigenvalue weighted by atomic mass is 16.4. The van der Waals surface area contributed by atoms with Crippen LogP contribution in [0.15, 0.2) is 0 Å². The van der Waals surface area contributed by atoms with E-state index in [0.717, 1.165) is 25.7 Å². The molecule has 1 saturated carbocycles. The highest BCUT2D eigenvalue weighted by Gasteiger charge is 2.21. The van der Waals surface area contributed by atoms with E-state index in [0.29, 0.717) is 0 Å². The first-order valence-electron chi connectivity index (χ1n) is 7.00. The number of urea groups is 1. The average Bonchev–Trinajstić information content (AvgIpc) is 2.70. The van der Waals surface area contributed by atoms with Crippen molar-refractivity contribution in [2.24, 2.45) is 0 Å². The van der Waals surface area contributed by atoms with Crippen LogP contribution in [-0.2, 0) is 9.59 Å². The van der Waals surface area contributed by atoms with Gasteiger partial charge in [0, 0.05) is 13.1 Å². The van der Waals surface area contributed by atoms with Crippen LogP contribution >= 0.6 is 0 Å². The minimum absolute atomic E-state index is 0.205. The molecule has 20 heavy (non-hydrogen) atoms. The first kappa shape index (κ1) is 16.3. The molecule has 0 unspecified atom stereocenters. The SMILES string of the molecule is CN(C(=O)NCC(=O)NCC(=O)O)C1CCCCCC1. The van der Waals surface area contributed by atoms with E-state index in [1.165, 1.54) is 12.8 Å². The van der Waals surface area contributed by atoms with E-state index in [4.69, 9.17) is 5.11 Å². The molecular formula is C13H23N3O4. The standard InChI is InChI=1S/C13H23N3O4/c1-16(10-6-4-2-3-5-7-10)13(20)15-8-11(17)14-9-12(18)19/h10H,2-9H2,1H3,(H,14,17)(H,15,20)(H,18,19). The van der Waals surface area contributed by atoms with Crippen LogP contribution in [0.2, 0.25) is 0 Å². The van der Waals surface area contributed by atoms with Gasteiger partial charge in [-0.25, -0.2) is 4.79 Å². The number of carboxylic acids is 1. The van der Waals surface area contributed by atoms with Gasteiger partial charge < -0.3 is 20.6 Å². The molecule has 3 amide bonds. The van der Waals surface area contributed by atoms with Gasteiger partial charge in [-0.15, -0.1) is 0 Å². The fourth-order valence-electron chi connectivity index (χ4n) is 2.33. The van der Waals surface area contributed by atoms with Crippen LogP contribution in [0.5, 0.6) is 0 Å². The summed E-state index contributed by atoms with van der Waals surface area (Å²) in [6.07, 6.45) is 6.67. The number of amides is 3. The zero-order valence-electron chi connectivity index (χ0n) is 11.9. The highest BCUT2D eigenvalue weighted by molar-refractivity contribution is 5.86. The van der Waals surface area contributed by atoms with E-state index in [1.807, 2.05) is 0 Å². The van der Waals surface area contributed by atoms with Crippen molar-refractivity contribution < 1.29 is 19.5 Å². The van der Waals surface area contributed by atoms with Crippen molar-refractivity contribution in [2.75, 3.05) is 20.1 Å². The number of hydrogen-bond acceptors (Lipinski definition) is 3. The second kappa shape index (κ2) is 8.39. The molecule has 0 aromatic heterocycles. The number of carboxylic acid groups (broad SMARTS) is 1. The lowest BCUT2D eigenvalue weighted by Crippen LogP contribution is -2.47. The van der Waals surface area contributed by atoms with Crippen molar-refractivity contribution in [3.8, 4) is 0 Å². The van der Waals surface area contributed by atoms with Crippen molar-refractivity contribution in [1.29, 1.82) is 0 Å². The number of carbonyl (C=O) groups is 3. The molecule has 7 heteroatoms. The number of carbonyl (C=O) groups excluding carboxylic acids is 2. The van der Waals surface area contributed by atoms with Gasteiger partial charge in [0.25, 0.3) is 0 Å². The number of nitrogens with one attached hydrogen (secondary N) is 2. The van der Waals surface area contributed by atoms with Gasteiger partial charge in [0.2, 0.25) is 5.91 Å². The lowest BCUT2D eigenvalue weighted by Gasteiger charge is -2.27. The van der Waals surface area contributed by atoms with E-state index in [1.54, 1.807) is 11.9 Å². The Balaban J connectivity index is 2.30. The molecule has 1 aliphatic rings. The van der Waals surface area contributed by atoms with E-state index < -0.39 is 18.4 Å². The first-order valence-corrected chi connectivity index (χ1v) is 7.00. The molecule has 0 radical (unpaired) electrons. The number of hydrogen-bond donors (Lipinski definition) is 3. The van der Waals surface area contributed by atoms with E-state index in [9.17, 15) is 14.4 Å². The molecule has 0 spiro atoms. The monoisotopic (exact) mass is 285 g/mol. The van der Waals surface area contributed by atoms with Gasteiger partial charge >= 0.3 is 12.0 Å². The predicted molar refractivity (Wildman–Crippen MR) is 73.3 cm³/mol. The lowest BCUT2D eigenvalue weighted by atomic mass is 10.1. The number of rotatable bonds is 5. The number of nitrogens with zero attached hydrogens (tertiary/aromatic N) is 1.